The fraction of sp³-hybridized carbons (Fsp3) is 0.417. The van der Waals surface area contributed by atoms with Gasteiger partial charge in [-0.1, -0.05) is 31.2 Å². The van der Waals surface area contributed by atoms with Crippen LogP contribution in [0.3, 0.4) is 0 Å². The van der Waals surface area contributed by atoms with Gasteiger partial charge in [0.25, 0.3) is 0 Å². The van der Waals surface area contributed by atoms with E-state index in [1.807, 2.05) is 24.3 Å². The summed E-state index contributed by atoms with van der Waals surface area (Å²) in [5.74, 6) is 0.0352. The Morgan fingerprint density at radius 1 is 1.33 bits per heavy atom. The van der Waals surface area contributed by atoms with E-state index in [9.17, 15) is 19.7 Å². The van der Waals surface area contributed by atoms with Crippen LogP contribution in [0, 0.1) is 10.1 Å². The lowest BCUT2D eigenvalue weighted by molar-refractivity contribution is -0.384. The second-order valence-electron chi connectivity index (χ2n) is 9.01. The van der Waals surface area contributed by atoms with Gasteiger partial charge in [0.2, 0.25) is 5.82 Å². The van der Waals surface area contributed by atoms with E-state index >= 15 is 0 Å². The van der Waals surface area contributed by atoms with Crippen molar-refractivity contribution in [1.82, 2.24) is 20.0 Å². The quantitative estimate of drug-likeness (QED) is 0.325. The minimum absolute atomic E-state index is 0.0140. The summed E-state index contributed by atoms with van der Waals surface area (Å²) in [6.45, 7) is 6.69. The maximum absolute atomic E-state index is 12.7. The van der Waals surface area contributed by atoms with Crippen LogP contribution >= 0.6 is 0 Å². The van der Waals surface area contributed by atoms with Crippen molar-refractivity contribution in [3.63, 3.8) is 0 Å². The van der Waals surface area contributed by atoms with Crippen molar-refractivity contribution >= 4 is 23.6 Å². The molecule has 192 valence electrons. The summed E-state index contributed by atoms with van der Waals surface area (Å²) < 4.78 is 11.9. The van der Waals surface area contributed by atoms with E-state index in [1.165, 1.54) is 19.2 Å². The number of amides is 1. The number of nitro groups is 1. The predicted molar refractivity (Wildman–Crippen MR) is 132 cm³/mol. The molecule has 36 heavy (non-hydrogen) atoms. The predicted octanol–water partition coefficient (Wildman–Crippen LogP) is 3.97. The number of carbonyl (C=O) groups is 2. The fourth-order valence-corrected chi connectivity index (χ4v) is 3.71. The number of hydrogen-bond donors (Lipinski definition) is 1. The standard InChI is InChI=1S/C24H30N6O6/c1-6-17(22(31)35-5)29(27-23(32)36-24(2,3)4)21-18(30(33)34)12-13-19(26-21)28-15-14-25-20(28)16-10-8-7-9-11-16/h7-10,12-17H,6,11H2,1-5H3,(H,27,32). The second-order valence-corrected chi connectivity index (χ2v) is 9.01. The number of hydrogen-bond acceptors (Lipinski definition) is 9. The topological polar surface area (TPSA) is 142 Å². The molecule has 12 nitrogen and oxygen atoms in total. The van der Waals surface area contributed by atoms with Gasteiger partial charge in [0.15, 0.2) is 0 Å². The minimum Gasteiger partial charge on any atom is -0.467 e. The number of imidazole rings is 1. The van der Waals surface area contributed by atoms with E-state index in [4.69, 9.17) is 9.47 Å². The highest BCUT2D eigenvalue weighted by Gasteiger charge is 2.35. The Hall–Kier alpha value is -4.22. The molecule has 1 N–H and O–H groups in total. The molecule has 1 aliphatic carbocycles. The van der Waals surface area contributed by atoms with E-state index in [1.54, 1.807) is 44.7 Å². The van der Waals surface area contributed by atoms with Crippen molar-refractivity contribution in [2.45, 2.75) is 58.1 Å². The summed E-state index contributed by atoms with van der Waals surface area (Å²) >= 11 is 0. The largest absolute Gasteiger partial charge is 0.467 e. The molecule has 2 aromatic heterocycles. The third-order valence-corrected chi connectivity index (χ3v) is 5.28. The third-order valence-electron chi connectivity index (χ3n) is 5.28. The number of esters is 1. The highest BCUT2D eigenvalue weighted by atomic mass is 16.6. The summed E-state index contributed by atoms with van der Waals surface area (Å²) in [5.41, 5.74) is 1.19. The average molecular weight is 499 g/mol. The molecule has 1 amide bonds. The number of pyridine rings is 1. The molecule has 2 atom stereocenters. The molecule has 0 radical (unpaired) electrons. The summed E-state index contributed by atoms with van der Waals surface area (Å²) in [6, 6.07) is 1.64. The molecule has 0 aliphatic heterocycles. The van der Waals surface area contributed by atoms with Crippen LogP contribution < -0.4 is 10.4 Å². The Labute approximate surface area is 208 Å². The number of aromatic nitrogens is 3. The first-order chi connectivity index (χ1) is 17.1. The van der Waals surface area contributed by atoms with Crippen molar-refractivity contribution in [3.8, 4) is 5.82 Å². The molecule has 2 unspecified atom stereocenters. The molecule has 0 saturated heterocycles. The van der Waals surface area contributed by atoms with Crippen molar-refractivity contribution in [2.75, 3.05) is 12.1 Å². The number of methoxy groups -OCH3 is 1. The van der Waals surface area contributed by atoms with E-state index < -0.39 is 34.3 Å². The molecule has 0 saturated carbocycles. The van der Waals surface area contributed by atoms with Crippen LogP contribution in [0.1, 0.15) is 52.3 Å². The average Bonchev–Trinajstić information content (AvgIpc) is 3.32. The Balaban J connectivity index is 2.13. The number of nitrogens with zero attached hydrogens (tertiary/aromatic N) is 5. The molecule has 12 heteroatoms. The van der Waals surface area contributed by atoms with Crippen LogP contribution in [0.2, 0.25) is 0 Å². The van der Waals surface area contributed by atoms with Crippen LogP contribution in [0.4, 0.5) is 16.3 Å². The molecule has 0 fully saturated rings. The van der Waals surface area contributed by atoms with Gasteiger partial charge in [-0.15, -0.1) is 0 Å². The van der Waals surface area contributed by atoms with E-state index in [0.29, 0.717) is 11.6 Å². The van der Waals surface area contributed by atoms with E-state index in [-0.39, 0.29) is 18.2 Å². The Morgan fingerprint density at radius 2 is 2.08 bits per heavy atom. The van der Waals surface area contributed by atoms with Crippen LogP contribution in [-0.2, 0) is 14.3 Å². The van der Waals surface area contributed by atoms with Gasteiger partial charge in [-0.2, -0.15) is 0 Å². The molecule has 0 aromatic carbocycles. The molecule has 0 bridgehead atoms. The highest BCUT2D eigenvalue weighted by molar-refractivity contribution is 5.83. The highest BCUT2D eigenvalue weighted by Crippen LogP contribution is 2.31. The first-order valence-electron chi connectivity index (χ1n) is 11.4. The van der Waals surface area contributed by atoms with Crippen LogP contribution in [0.15, 0.2) is 48.8 Å². The zero-order valence-corrected chi connectivity index (χ0v) is 20.9. The lowest BCUT2D eigenvalue weighted by atomic mass is 10.00. The van der Waals surface area contributed by atoms with Crippen LogP contribution in [0.25, 0.3) is 5.82 Å². The van der Waals surface area contributed by atoms with Crippen molar-refractivity contribution in [3.05, 3.63) is 64.8 Å². The minimum atomic E-state index is -1.11. The van der Waals surface area contributed by atoms with Crippen LogP contribution in [0.5, 0.6) is 0 Å². The monoisotopic (exact) mass is 498 g/mol. The van der Waals surface area contributed by atoms with E-state index in [2.05, 4.69) is 15.4 Å². The second kappa shape index (κ2) is 11.0. The van der Waals surface area contributed by atoms with Gasteiger partial charge in [-0.3, -0.25) is 14.7 Å². The Kier molecular flexibility index (Phi) is 8.07. The number of allylic oxidation sites excluding steroid dienone is 4. The maximum atomic E-state index is 12.7. The van der Waals surface area contributed by atoms with Gasteiger partial charge in [0, 0.05) is 24.4 Å². The van der Waals surface area contributed by atoms with Gasteiger partial charge in [-0.25, -0.2) is 30.0 Å². The third kappa shape index (κ3) is 6.06. The lowest BCUT2D eigenvalue weighted by Crippen LogP contribution is -2.54. The number of ether oxygens (including phenoxy) is 2. The van der Waals surface area contributed by atoms with Gasteiger partial charge >= 0.3 is 17.7 Å². The fourth-order valence-electron chi connectivity index (χ4n) is 3.71. The van der Waals surface area contributed by atoms with Crippen molar-refractivity contribution in [2.24, 2.45) is 0 Å². The van der Waals surface area contributed by atoms with Crippen molar-refractivity contribution in [1.29, 1.82) is 0 Å². The van der Waals surface area contributed by atoms with Gasteiger partial charge < -0.3 is 9.47 Å². The number of rotatable bonds is 8. The van der Waals surface area contributed by atoms with Crippen molar-refractivity contribution < 1.29 is 24.0 Å². The summed E-state index contributed by atoms with van der Waals surface area (Å²) in [7, 11) is 1.19. The molecule has 3 rings (SSSR count). The number of carbonyl (C=O) groups excluding carboxylic acids is 2. The van der Waals surface area contributed by atoms with Gasteiger partial charge in [-0.05, 0) is 39.7 Å². The first-order valence-corrected chi connectivity index (χ1v) is 11.4. The van der Waals surface area contributed by atoms with Gasteiger partial charge in [0.05, 0.1) is 12.0 Å². The zero-order valence-electron chi connectivity index (χ0n) is 20.9. The molecule has 2 heterocycles. The molecular formula is C24H30N6O6. The normalized spacial score (nSPS) is 15.8. The van der Waals surface area contributed by atoms with Crippen LogP contribution in [-0.4, -0.2) is 50.3 Å². The first kappa shape index (κ1) is 26.4. The summed E-state index contributed by atoms with van der Waals surface area (Å²) in [5, 5.41) is 13.0. The maximum Gasteiger partial charge on any atom is 0.426 e. The SMILES string of the molecule is CCC(C(=O)OC)N(NC(=O)OC(C)(C)C)c1nc(-n2ccnc2C2C=CC=CC2)ccc1[N+](=O)[O-]. The molecule has 0 spiro atoms. The number of anilines is 1. The number of hydrazine groups is 1. The summed E-state index contributed by atoms with van der Waals surface area (Å²) in [6.07, 6.45) is 11.2. The molecule has 2 aromatic rings. The smallest absolute Gasteiger partial charge is 0.426 e. The number of nitrogens with one attached hydrogen (secondary N) is 1. The Morgan fingerprint density at radius 3 is 2.67 bits per heavy atom. The molecule has 1 aliphatic rings. The zero-order chi connectivity index (χ0) is 26.5. The Bertz CT molecular complexity index is 1180. The molecular weight excluding hydrogens is 468 g/mol. The van der Waals surface area contributed by atoms with Gasteiger partial charge in [0.1, 0.15) is 23.3 Å². The lowest BCUT2D eigenvalue weighted by Gasteiger charge is -2.31. The van der Waals surface area contributed by atoms with E-state index in [0.717, 1.165) is 11.4 Å². The summed E-state index contributed by atoms with van der Waals surface area (Å²) in [4.78, 5) is 45.6.